The second-order valence-corrected chi connectivity index (χ2v) is 4.47. The summed E-state index contributed by atoms with van der Waals surface area (Å²) in [5.74, 6) is -0.945. The molecule has 21 heavy (non-hydrogen) atoms. The second-order valence-electron chi connectivity index (χ2n) is 4.47. The van der Waals surface area contributed by atoms with Gasteiger partial charge < -0.3 is 21.9 Å². The summed E-state index contributed by atoms with van der Waals surface area (Å²) in [5.41, 5.74) is 11.6. The van der Waals surface area contributed by atoms with Gasteiger partial charge in [-0.2, -0.15) is 0 Å². The molecule has 0 aliphatic heterocycles. The second kappa shape index (κ2) is 6.08. The lowest BCUT2D eigenvalue weighted by Crippen LogP contribution is -2.22. The van der Waals surface area contributed by atoms with Gasteiger partial charge in [-0.05, 0) is 34.5 Å². The molecule has 0 fully saturated rings. The van der Waals surface area contributed by atoms with Gasteiger partial charge in [0.1, 0.15) is 5.75 Å². The largest absolute Gasteiger partial charge is 0.506 e. The maximum Gasteiger partial charge on any atom is 0.255 e. The standard InChI is InChI=1S/C14H15FN4O2/c15-6-13(21)19-11-4-9-2-1-8(7-18-14(16)17)3-10(9)5-12(11)20/h1-5,20H,6-7H2,(H,19,21)(H4,16,17,18). The monoisotopic (exact) mass is 290 g/mol. The van der Waals surface area contributed by atoms with Crippen LogP contribution in [0.2, 0.25) is 0 Å². The highest BCUT2D eigenvalue weighted by molar-refractivity contribution is 5.97. The summed E-state index contributed by atoms with van der Waals surface area (Å²) in [4.78, 5) is 14.9. The van der Waals surface area contributed by atoms with E-state index in [1.165, 1.54) is 6.07 Å². The van der Waals surface area contributed by atoms with Gasteiger partial charge in [-0.25, -0.2) is 9.38 Å². The van der Waals surface area contributed by atoms with Crippen LogP contribution in [0.15, 0.2) is 35.3 Å². The van der Waals surface area contributed by atoms with E-state index in [1.807, 2.05) is 12.1 Å². The van der Waals surface area contributed by atoms with E-state index >= 15 is 0 Å². The number of halogens is 1. The summed E-state index contributed by atoms with van der Waals surface area (Å²) in [6.45, 7) is -0.811. The number of anilines is 1. The average Bonchev–Trinajstić information content (AvgIpc) is 2.45. The molecule has 1 amide bonds. The maximum atomic E-state index is 12.2. The molecule has 0 saturated heterocycles. The van der Waals surface area contributed by atoms with Crippen molar-refractivity contribution in [2.75, 3.05) is 12.0 Å². The number of fused-ring (bicyclic) bond motifs is 1. The molecule has 2 aromatic carbocycles. The minimum atomic E-state index is -1.14. The predicted octanol–water partition coefficient (Wildman–Crippen LogP) is 1.23. The topological polar surface area (TPSA) is 114 Å². The number of phenolic OH excluding ortho intramolecular Hbond substituents is 1. The number of hydrogen-bond acceptors (Lipinski definition) is 3. The normalized spacial score (nSPS) is 10.3. The van der Waals surface area contributed by atoms with E-state index in [0.29, 0.717) is 6.54 Å². The third kappa shape index (κ3) is 3.59. The number of rotatable bonds is 4. The Kier molecular flexibility index (Phi) is 4.22. The number of carbonyl (C=O) groups is 1. The molecule has 0 aromatic heterocycles. The first-order chi connectivity index (χ1) is 9.99. The van der Waals surface area contributed by atoms with Crippen molar-refractivity contribution in [3.63, 3.8) is 0 Å². The van der Waals surface area contributed by atoms with Crippen molar-refractivity contribution < 1.29 is 14.3 Å². The number of benzene rings is 2. The molecule has 2 aromatic rings. The number of nitrogens with zero attached hydrogens (tertiary/aromatic N) is 1. The summed E-state index contributed by atoms with van der Waals surface area (Å²) in [7, 11) is 0. The molecular weight excluding hydrogens is 275 g/mol. The fourth-order valence-corrected chi connectivity index (χ4v) is 1.90. The van der Waals surface area contributed by atoms with Gasteiger partial charge in [0, 0.05) is 0 Å². The van der Waals surface area contributed by atoms with Crippen LogP contribution in [0.1, 0.15) is 5.56 Å². The van der Waals surface area contributed by atoms with Gasteiger partial charge in [-0.1, -0.05) is 12.1 Å². The minimum absolute atomic E-state index is 0.00206. The van der Waals surface area contributed by atoms with Crippen LogP contribution in [0.5, 0.6) is 5.75 Å². The van der Waals surface area contributed by atoms with Crippen LogP contribution in [-0.2, 0) is 11.3 Å². The van der Waals surface area contributed by atoms with Gasteiger partial charge in [0.25, 0.3) is 5.91 Å². The number of guanidine groups is 1. The fourth-order valence-electron chi connectivity index (χ4n) is 1.90. The van der Waals surface area contributed by atoms with Crippen molar-refractivity contribution in [2.24, 2.45) is 16.5 Å². The van der Waals surface area contributed by atoms with E-state index in [4.69, 9.17) is 11.5 Å². The van der Waals surface area contributed by atoms with Crippen molar-refractivity contribution in [3.05, 3.63) is 35.9 Å². The van der Waals surface area contributed by atoms with Crippen LogP contribution in [0.25, 0.3) is 10.8 Å². The average molecular weight is 290 g/mol. The molecule has 2 rings (SSSR count). The molecule has 0 radical (unpaired) electrons. The molecule has 6 nitrogen and oxygen atoms in total. The Hall–Kier alpha value is -2.83. The molecule has 0 atom stereocenters. The lowest BCUT2D eigenvalue weighted by atomic mass is 10.1. The summed E-state index contributed by atoms with van der Waals surface area (Å²) >= 11 is 0. The number of carbonyl (C=O) groups excluding carboxylic acids is 1. The number of alkyl halides is 1. The number of aliphatic imine (C=N–C) groups is 1. The van der Waals surface area contributed by atoms with Crippen molar-refractivity contribution in [1.82, 2.24) is 0 Å². The van der Waals surface area contributed by atoms with Gasteiger partial charge in [0.15, 0.2) is 12.6 Å². The van der Waals surface area contributed by atoms with E-state index in [9.17, 15) is 14.3 Å². The van der Waals surface area contributed by atoms with Crippen molar-refractivity contribution >= 4 is 28.3 Å². The van der Waals surface area contributed by atoms with Gasteiger partial charge in [-0.15, -0.1) is 0 Å². The number of aromatic hydroxyl groups is 1. The molecule has 0 aliphatic carbocycles. The summed E-state index contributed by atoms with van der Waals surface area (Å²) in [6.07, 6.45) is 0. The Morgan fingerprint density at radius 1 is 1.24 bits per heavy atom. The zero-order chi connectivity index (χ0) is 15.4. The predicted molar refractivity (Wildman–Crippen MR) is 79.7 cm³/mol. The maximum absolute atomic E-state index is 12.2. The van der Waals surface area contributed by atoms with E-state index < -0.39 is 12.6 Å². The molecule has 0 spiro atoms. The number of hydrogen-bond donors (Lipinski definition) is 4. The Labute approximate surface area is 120 Å². The zero-order valence-corrected chi connectivity index (χ0v) is 11.1. The lowest BCUT2D eigenvalue weighted by Gasteiger charge is -2.08. The van der Waals surface area contributed by atoms with Crippen LogP contribution in [0, 0.1) is 0 Å². The van der Waals surface area contributed by atoms with E-state index in [2.05, 4.69) is 10.3 Å². The Balaban J connectivity index is 2.35. The zero-order valence-electron chi connectivity index (χ0n) is 11.1. The van der Waals surface area contributed by atoms with E-state index in [0.717, 1.165) is 16.3 Å². The first kappa shape index (κ1) is 14.6. The molecule has 0 heterocycles. The summed E-state index contributed by atoms with van der Waals surface area (Å²) in [6, 6.07) is 8.51. The van der Waals surface area contributed by atoms with Crippen LogP contribution in [0.4, 0.5) is 10.1 Å². The molecule has 0 bridgehead atoms. The third-order valence-corrected chi connectivity index (χ3v) is 2.86. The molecular formula is C14H15FN4O2. The van der Waals surface area contributed by atoms with Gasteiger partial charge in [0.2, 0.25) is 0 Å². The molecule has 0 unspecified atom stereocenters. The Morgan fingerprint density at radius 3 is 2.67 bits per heavy atom. The van der Waals surface area contributed by atoms with Crippen molar-refractivity contribution in [3.8, 4) is 5.75 Å². The van der Waals surface area contributed by atoms with Crippen molar-refractivity contribution in [1.29, 1.82) is 0 Å². The highest BCUT2D eigenvalue weighted by atomic mass is 19.1. The Morgan fingerprint density at radius 2 is 2.00 bits per heavy atom. The van der Waals surface area contributed by atoms with Crippen LogP contribution in [-0.4, -0.2) is 23.6 Å². The van der Waals surface area contributed by atoms with Crippen LogP contribution in [0.3, 0.4) is 0 Å². The quantitative estimate of drug-likeness (QED) is 0.385. The third-order valence-electron chi connectivity index (χ3n) is 2.86. The fraction of sp³-hybridized carbons (Fsp3) is 0.143. The van der Waals surface area contributed by atoms with Crippen LogP contribution >= 0.6 is 0 Å². The number of phenols is 1. The minimum Gasteiger partial charge on any atom is -0.506 e. The Bertz CT molecular complexity index is 711. The molecule has 110 valence electrons. The van der Waals surface area contributed by atoms with E-state index in [-0.39, 0.29) is 17.4 Å². The molecule has 0 saturated carbocycles. The summed E-state index contributed by atoms with van der Waals surface area (Å²) in [5, 5.41) is 13.7. The first-order valence-electron chi connectivity index (χ1n) is 6.16. The SMILES string of the molecule is NC(N)=NCc1ccc2cc(NC(=O)CF)c(O)cc2c1. The molecule has 7 heteroatoms. The van der Waals surface area contributed by atoms with E-state index in [1.54, 1.807) is 12.1 Å². The molecule has 6 N–H and O–H groups in total. The highest BCUT2D eigenvalue weighted by Crippen LogP contribution is 2.30. The van der Waals surface area contributed by atoms with Crippen LogP contribution < -0.4 is 16.8 Å². The number of nitrogens with one attached hydrogen (secondary N) is 1. The lowest BCUT2D eigenvalue weighted by molar-refractivity contribution is -0.117. The number of nitrogens with two attached hydrogens (primary N) is 2. The van der Waals surface area contributed by atoms with Gasteiger partial charge >= 0.3 is 0 Å². The first-order valence-corrected chi connectivity index (χ1v) is 6.16. The smallest absolute Gasteiger partial charge is 0.255 e. The number of amides is 1. The highest BCUT2D eigenvalue weighted by Gasteiger charge is 2.08. The molecule has 0 aliphatic rings. The van der Waals surface area contributed by atoms with Gasteiger partial charge in [-0.3, -0.25) is 4.79 Å². The summed E-state index contributed by atoms with van der Waals surface area (Å²) < 4.78 is 12.2. The van der Waals surface area contributed by atoms with Crippen molar-refractivity contribution in [2.45, 2.75) is 6.54 Å². The van der Waals surface area contributed by atoms with Gasteiger partial charge in [0.05, 0.1) is 12.2 Å².